The monoisotopic (exact) mass is 383 g/mol. The van der Waals surface area contributed by atoms with Crippen molar-refractivity contribution in [3.05, 3.63) is 48.0 Å². The Morgan fingerprint density at radius 3 is 2.82 bits per heavy atom. The van der Waals surface area contributed by atoms with E-state index in [9.17, 15) is 9.59 Å². The van der Waals surface area contributed by atoms with Gasteiger partial charge >= 0.3 is 5.97 Å². The average Bonchev–Trinajstić information content (AvgIpc) is 3.22. The SMILES string of the molecule is CCc1ccc(NC(=O)C2=NNC(n3ccnc3)CC2)c(C(=O)OC(C)C)c1. The fourth-order valence-corrected chi connectivity index (χ4v) is 2.94. The molecule has 0 spiro atoms. The van der Waals surface area contributed by atoms with Crippen molar-refractivity contribution in [2.75, 3.05) is 5.32 Å². The zero-order valence-corrected chi connectivity index (χ0v) is 16.3. The first-order chi connectivity index (χ1) is 13.5. The number of aromatic nitrogens is 2. The van der Waals surface area contributed by atoms with Crippen LogP contribution in [-0.2, 0) is 16.0 Å². The lowest BCUT2D eigenvalue weighted by molar-refractivity contribution is -0.110. The molecule has 0 radical (unpaired) electrons. The maximum Gasteiger partial charge on any atom is 0.340 e. The van der Waals surface area contributed by atoms with E-state index in [1.165, 1.54) is 0 Å². The molecule has 1 unspecified atom stereocenters. The summed E-state index contributed by atoms with van der Waals surface area (Å²) in [5.74, 6) is -0.788. The van der Waals surface area contributed by atoms with Gasteiger partial charge in [-0.1, -0.05) is 13.0 Å². The van der Waals surface area contributed by atoms with E-state index in [4.69, 9.17) is 4.74 Å². The molecule has 0 bridgehead atoms. The molecule has 148 valence electrons. The Morgan fingerprint density at radius 1 is 1.39 bits per heavy atom. The smallest absolute Gasteiger partial charge is 0.340 e. The summed E-state index contributed by atoms with van der Waals surface area (Å²) in [6, 6.07) is 5.38. The Kier molecular flexibility index (Phi) is 6.08. The van der Waals surface area contributed by atoms with Crippen molar-refractivity contribution in [3.63, 3.8) is 0 Å². The van der Waals surface area contributed by atoms with Crippen LogP contribution in [0.1, 0.15) is 55.7 Å². The summed E-state index contributed by atoms with van der Waals surface area (Å²) in [6.45, 7) is 5.59. The minimum absolute atomic E-state index is 0.0283. The predicted octanol–water partition coefficient (Wildman–Crippen LogP) is 2.89. The molecule has 0 saturated heterocycles. The maximum absolute atomic E-state index is 12.7. The Bertz CT molecular complexity index is 874. The van der Waals surface area contributed by atoms with E-state index < -0.39 is 5.97 Å². The Balaban J connectivity index is 1.74. The van der Waals surface area contributed by atoms with Crippen LogP contribution in [-0.4, -0.2) is 33.2 Å². The quantitative estimate of drug-likeness (QED) is 0.748. The molecule has 0 saturated carbocycles. The van der Waals surface area contributed by atoms with Crippen molar-refractivity contribution in [3.8, 4) is 0 Å². The number of hydrogen-bond acceptors (Lipinski definition) is 6. The fraction of sp³-hybridized carbons (Fsp3) is 0.400. The molecule has 1 atom stereocenters. The molecule has 1 amide bonds. The predicted molar refractivity (Wildman–Crippen MR) is 106 cm³/mol. The van der Waals surface area contributed by atoms with Crippen LogP contribution in [0.4, 0.5) is 5.69 Å². The molecule has 1 aromatic heterocycles. The van der Waals surface area contributed by atoms with Crippen LogP contribution in [0, 0.1) is 0 Å². The molecule has 0 aliphatic carbocycles. The van der Waals surface area contributed by atoms with Gasteiger partial charge in [-0.25, -0.2) is 9.78 Å². The van der Waals surface area contributed by atoms with Gasteiger partial charge < -0.3 is 14.6 Å². The van der Waals surface area contributed by atoms with Crippen LogP contribution in [0.3, 0.4) is 0 Å². The van der Waals surface area contributed by atoms with E-state index in [1.54, 1.807) is 38.5 Å². The highest BCUT2D eigenvalue weighted by atomic mass is 16.5. The van der Waals surface area contributed by atoms with Gasteiger partial charge in [0.2, 0.25) is 0 Å². The Hall–Kier alpha value is -3.16. The molecule has 0 fully saturated rings. The highest BCUT2D eigenvalue weighted by Gasteiger charge is 2.23. The molecule has 2 heterocycles. The zero-order valence-electron chi connectivity index (χ0n) is 16.3. The first kappa shape index (κ1) is 19.6. The number of nitrogens with zero attached hydrogens (tertiary/aromatic N) is 3. The summed E-state index contributed by atoms with van der Waals surface area (Å²) < 4.78 is 7.22. The van der Waals surface area contributed by atoms with E-state index in [2.05, 4.69) is 20.8 Å². The number of hydrazone groups is 1. The summed E-state index contributed by atoms with van der Waals surface area (Å²) in [7, 11) is 0. The molecule has 8 heteroatoms. The van der Waals surface area contributed by atoms with E-state index in [0.717, 1.165) is 12.0 Å². The second-order valence-corrected chi connectivity index (χ2v) is 6.89. The van der Waals surface area contributed by atoms with E-state index in [-0.39, 0.29) is 18.2 Å². The number of nitrogens with one attached hydrogen (secondary N) is 2. The zero-order chi connectivity index (χ0) is 20.1. The molecule has 8 nitrogen and oxygen atoms in total. The van der Waals surface area contributed by atoms with E-state index in [1.807, 2.05) is 23.8 Å². The number of aryl methyl sites for hydroxylation is 1. The molecular weight excluding hydrogens is 358 g/mol. The molecule has 28 heavy (non-hydrogen) atoms. The molecule has 2 N–H and O–H groups in total. The van der Waals surface area contributed by atoms with Crippen LogP contribution >= 0.6 is 0 Å². The average molecular weight is 383 g/mol. The minimum Gasteiger partial charge on any atom is -0.459 e. The number of carbonyl (C=O) groups is 2. The van der Waals surface area contributed by atoms with Crippen LogP contribution in [0.15, 0.2) is 42.0 Å². The van der Waals surface area contributed by atoms with Gasteiger partial charge in [0.05, 0.1) is 23.7 Å². The van der Waals surface area contributed by atoms with Gasteiger partial charge in [-0.05, 0) is 44.4 Å². The number of carbonyl (C=O) groups excluding carboxylic acids is 2. The highest BCUT2D eigenvalue weighted by Crippen LogP contribution is 2.21. The highest BCUT2D eigenvalue weighted by molar-refractivity contribution is 6.43. The standard InChI is InChI=1S/C20H25N5O3/c1-4-14-5-6-16(15(11-14)20(27)28-13(2)3)22-19(26)17-7-8-18(24-23-17)25-10-9-21-12-25/h5-6,9-13,18,24H,4,7-8H2,1-3H3,(H,22,26). The van der Waals surface area contributed by atoms with Crippen LogP contribution in [0.5, 0.6) is 0 Å². The van der Waals surface area contributed by atoms with Crippen molar-refractivity contribution < 1.29 is 14.3 Å². The maximum atomic E-state index is 12.7. The van der Waals surface area contributed by atoms with Gasteiger partial charge in [0.15, 0.2) is 0 Å². The fourth-order valence-electron chi connectivity index (χ4n) is 2.94. The van der Waals surface area contributed by atoms with E-state index >= 15 is 0 Å². The lowest BCUT2D eigenvalue weighted by atomic mass is 10.1. The van der Waals surface area contributed by atoms with E-state index in [0.29, 0.717) is 29.8 Å². The first-order valence-corrected chi connectivity index (χ1v) is 9.42. The van der Waals surface area contributed by atoms with Gasteiger partial charge in [0, 0.05) is 18.8 Å². The van der Waals surface area contributed by atoms with Gasteiger partial charge in [-0.3, -0.25) is 10.2 Å². The van der Waals surface area contributed by atoms with Gasteiger partial charge in [0.1, 0.15) is 11.9 Å². The van der Waals surface area contributed by atoms with Crippen LogP contribution < -0.4 is 10.7 Å². The number of benzene rings is 1. The topological polar surface area (TPSA) is 97.6 Å². The van der Waals surface area contributed by atoms with Gasteiger partial charge in [0.25, 0.3) is 5.91 Å². The van der Waals surface area contributed by atoms with Crippen molar-refractivity contribution >= 4 is 23.3 Å². The Labute approximate surface area is 164 Å². The van der Waals surface area contributed by atoms with Gasteiger partial charge in [-0.15, -0.1) is 0 Å². The van der Waals surface area contributed by atoms with Crippen LogP contribution in [0.2, 0.25) is 0 Å². The number of imidazole rings is 1. The summed E-state index contributed by atoms with van der Waals surface area (Å²) in [4.78, 5) is 29.1. The third-order valence-corrected chi connectivity index (χ3v) is 4.45. The van der Waals surface area contributed by atoms with Crippen LogP contribution in [0.25, 0.3) is 0 Å². The number of ether oxygens (including phenoxy) is 1. The number of rotatable bonds is 6. The number of esters is 1. The molecule has 3 rings (SSSR count). The summed E-state index contributed by atoms with van der Waals surface area (Å²) in [6.07, 6.45) is 6.99. The molecule has 1 aromatic carbocycles. The number of amides is 1. The normalized spacial score (nSPS) is 16.3. The molecular formula is C20H25N5O3. The summed E-state index contributed by atoms with van der Waals surface area (Å²) >= 11 is 0. The lowest BCUT2D eigenvalue weighted by Crippen LogP contribution is -2.34. The third kappa shape index (κ3) is 4.57. The second kappa shape index (κ2) is 8.69. The van der Waals surface area contributed by atoms with Crippen molar-refractivity contribution in [1.29, 1.82) is 0 Å². The van der Waals surface area contributed by atoms with Crippen molar-refractivity contribution in [2.24, 2.45) is 5.10 Å². The molecule has 1 aliphatic heterocycles. The van der Waals surface area contributed by atoms with Crippen molar-refractivity contribution in [1.82, 2.24) is 15.0 Å². The lowest BCUT2D eigenvalue weighted by Gasteiger charge is -2.23. The largest absolute Gasteiger partial charge is 0.459 e. The number of anilines is 1. The first-order valence-electron chi connectivity index (χ1n) is 9.42. The second-order valence-electron chi connectivity index (χ2n) is 6.89. The van der Waals surface area contributed by atoms with Gasteiger partial charge in [-0.2, -0.15) is 5.10 Å². The molecule has 2 aromatic rings. The minimum atomic E-state index is -0.454. The molecule has 1 aliphatic rings. The summed E-state index contributed by atoms with van der Waals surface area (Å²) in [5, 5.41) is 7.02. The Morgan fingerprint density at radius 2 is 2.21 bits per heavy atom. The van der Waals surface area contributed by atoms with Crippen molar-refractivity contribution in [2.45, 2.75) is 52.3 Å². The number of hydrogen-bond donors (Lipinski definition) is 2. The summed E-state index contributed by atoms with van der Waals surface area (Å²) in [5.41, 5.74) is 5.13. The third-order valence-electron chi connectivity index (χ3n) is 4.45.